The van der Waals surface area contributed by atoms with Gasteiger partial charge in [-0.25, -0.2) is 12.7 Å². The number of amides is 1. The number of hydrogen-bond donors (Lipinski definition) is 2. The van der Waals surface area contributed by atoms with Gasteiger partial charge in [-0.3, -0.25) is 9.78 Å². The molecular weight excluding hydrogens is 412 g/mol. The highest BCUT2D eigenvalue weighted by molar-refractivity contribution is 7.89. The molecule has 1 aromatic heterocycles. The van der Waals surface area contributed by atoms with Crippen LogP contribution in [0.4, 0.5) is 5.69 Å². The number of rotatable bonds is 6. The van der Waals surface area contributed by atoms with Crippen molar-refractivity contribution in [3.63, 3.8) is 0 Å². The van der Waals surface area contributed by atoms with Gasteiger partial charge < -0.3 is 11.1 Å². The smallest absolute Gasteiger partial charge is 0.248 e. The molecule has 0 unspecified atom stereocenters. The quantitative estimate of drug-likeness (QED) is 0.615. The van der Waals surface area contributed by atoms with Crippen molar-refractivity contribution in [3.8, 4) is 11.1 Å². The third-order valence-electron chi connectivity index (χ3n) is 5.83. The maximum Gasteiger partial charge on any atom is 0.248 e. The largest absolute Gasteiger partial charge is 0.382 e. The number of primary amides is 1. The molecular formula is C23H26N4O3S. The van der Waals surface area contributed by atoms with Crippen molar-refractivity contribution < 1.29 is 13.2 Å². The van der Waals surface area contributed by atoms with Crippen LogP contribution in [0, 0.1) is 0 Å². The van der Waals surface area contributed by atoms with Crippen molar-refractivity contribution in [2.45, 2.75) is 25.8 Å². The maximum absolute atomic E-state index is 12.1. The lowest BCUT2D eigenvalue weighted by Gasteiger charge is -2.32. The molecule has 4 rings (SSSR count). The number of pyridine rings is 1. The number of piperidine rings is 1. The zero-order valence-electron chi connectivity index (χ0n) is 17.4. The highest BCUT2D eigenvalue weighted by Gasteiger charge is 2.26. The maximum atomic E-state index is 12.1. The number of sulfonamides is 1. The van der Waals surface area contributed by atoms with Crippen LogP contribution in [0.5, 0.6) is 0 Å². The zero-order chi connectivity index (χ0) is 22.0. The molecule has 0 bridgehead atoms. The first-order chi connectivity index (χ1) is 14.9. The monoisotopic (exact) mass is 438 g/mol. The van der Waals surface area contributed by atoms with E-state index in [2.05, 4.69) is 22.4 Å². The lowest BCUT2D eigenvalue weighted by molar-refractivity contribution is 0.100. The van der Waals surface area contributed by atoms with Crippen LogP contribution in [0.3, 0.4) is 0 Å². The van der Waals surface area contributed by atoms with Gasteiger partial charge >= 0.3 is 0 Å². The van der Waals surface area contributed by atoms with Crippen molar-refractivity contribution in [2.24, 2.45) is 5.73 Å². The Morgan fingerprint density at radius 3 is 2.48 bits per heavy atom. The van der Waals surface area contributed by atoms with E-state index in [4.69, 9.17) is 5.73 Å². The number of carbonyl (C=O) groups is 1. The summed E-state index contributed by atoms with van der Waals surface area (Å²) in [5.41, 5.74) is 8.79. The number of fused-ring (bicyclic) bond motifs is 1. The summed E-state index contributed by atoms with van der Waals surface area (Å²) < 4.78 is 25.8. The van der Waals surface area contributed by atoms with Gasteiger partial charge in [-0.2, -0.15) is 0 Å². The Balaban J connectivity index is 1.61. The van der Waals surface area contributed by atoms with E-state index < -0.39 is 15.9 Å². The molecule has 2 heterocycles. The van der Waals surface area contributed by atoms with Crippen molar-refractivity contribution in [1.29, 1.82) is 0 Å². The molecule has 0 radical (unpaired) electrons. The molecule has 162 valence electrons. The second-order valence-corrected chi connectivity index (χ2v) is 10.0. The van der Waals surface area contributed by atoms with E-state index >= 15 is 0 Å². The first-order valence-corrected chi connectivity index (χ1v) is 12.0. The number of anilines is 1. The minimum absolute atomic E-state index is 0.137. The molecule has 0 aliphatic carbocycles. The molecule has 1 saturated heterocycles. The Morgan fingerprint density at radius 1 is 1.13 bits per heavy atom. The van der Waals surface area contributed by atoms with Gasteiger partial charge in [0.2, 0.25) is 15.9 Å². The summed E-state index contributed by atoms with van der Waals surface area (Å²) in [7, 11) is -3.14. The molecule has 0 atom stereocenters. The van der Waals surface area contributed by atoms with Crippen molar-refractivity contribution >= 4 is 32.4 Å². The van der Waals surface area contributed by atoms with Crippen LogP contribution in [0.1, 0.15) is 30.1 Å². The third-order valence-corrected chi connectivity index (χ3v) is 7.71. The Bertz CT molecular complexity index is 1200. The van der Waals surface area contributed by atoms with Gasteiger partial charge in [0.05, 0.1) is 5.75 Å². The molecule has 1 aliphatic heterocycles. The molecule has 31 heavy (non-hydrogen) atoms. The Kier molecular flexibility index (Phi) is 5.93. The molecule has 3 N–H and O–H groups in total. The van der Waals surface area contributed by atoms with E-state index in [1.807, 2.05) is 24.4 Å². The number of nitrogens with two attached hydrogens (primary N) is 1. The minimum Gasteiger partial charge on any atom is -0.382 e. The topological polar surface area (TPSA) is 105 Å². The number of hydrogen-bond acceptors (Lipinski definition) is 5. The number of nitrogens with zero attached hydrogens (tertiary/aromatic N) is 2. The lowest BCUT2D eigenvalue weighted by atomic mass is 9.98. The second kappa shape index (κ2) is 8.64. The van der Waals surface area contributed by atoms with Crippen LogP contribution in [0.25, 0.3) is 21.9 Å². The second-order valence-electron chi connectivity index (χ2n) is 7.78. The molecule has 0 spiro atoms. The van der Waals surface area contributed by atoms with Crippen molar-refractivity contribution in [3.05, 3.63) is 60.4 Å². The van der Waals surface area contributed by atoms with Crippen LogP contribution < -0.4 is 11.1 Å². The van der Waals surface area contributed by atoms with E-state index in [0.29, 0.717) is 18.7 Å². The first-order valence-electron chi connectivity index (χ1n) is 10.4. The van der Waals surface area contributed by atoms with E-state index in [0.717, 1.165) is 40.4 Å². The van der Waals surface area contributed by atoms with Gasteiger partial charge in [-0.1, -0.05) is 12.1 Å². The van der Waals surface area contributed by atoms with E-state index in [-0.39, 0.29) is 11.8 Å². The zero-order valence-corrected chi connectivity index (χ0v) is 18.2. The molecule has 3 aromatic rings. The van der Waals surface area contributed by atoms with Gasteiger partial charge in [0, 0.05) is 48.2 Å². The summed E-state index contributed by atoms with van der Waals surface area (Å²) in [6.07, 6.45) is 5.10. The van der Waals surface area contributed by atoms with Crippen LogP contribution in [-0.4, -0.2) is 48.5 Å². The molecule has 1 fully saturated rings. The average Bonchev–Trinajstić information content (AvgIpc) is 2.79. The van der Waals surface area contributed by atoms with Gasteiger partial charge in [-0.05, 0) is 66.6 Å². The third kappa shape index (κ3) is 4.55. The van der Waals surface area contributed by atoms with Crippen LogP contribution >= 0.6 is 0 Å². The summed E-state index contributed by atoms with van der Waals surface area (Å²) in [4.78, 5) is 15.6. The molecule has 7 nitrogen and oxygen atoms in total. The summed E-state index contributed by atoms with van der Waals surface area (Å²) in [5, 5.41) is 5.69. The summed E-state index contributed by atoms with van der Waals surface area (Å²) in [5.74, 6) is -0.312. The van der Waals surface area contributed by atoms with Crippen molar-refractivity contribution in [1.82, 2.24) is 9.29 Å². The minimum atomic E-state index is -3.14. The average molecular weight is 439 g/mol. The summed E-state index contributed by atoms with van der Waals surface area (Å²) in [6, 6.07) is 13.6. The van der Waals surface area contributed by atoms with Crippen LogP contribution in [0.2, 0.25) is 0 Å². The van der Waals surface area contributed by atoms with E-state index in [9.17, 15) is 13.2 Å². The fourth-order valence-corrected chi connectivity index (χ4v) is 5.12. The van der Waals surface area contributed by atoms with Crippen molar-refractivity contribution in [2.75, 3.05) is 24.2 Å². The summed E-state index contributed by atoms with van der Waals surface area (Å²) >= 11 is 0. The van der Waals surface area contributed by atoms with E-state index in [1.165, 1.54) is 0 Å². The van der Waals surface area contributed by atoms with Gasteiger partial charge in [0.15, 0.2) is 0 Å². The Morgan fingerprint density at radius 2 is 1.84 bits per heavy atom. The van der Waals surface area contributed by atoms with Crippen LogP contribution in [-0.2, 0) is 10.0 Å². The Labute approximate surface area is 182 Å². The fourth-order valence-electron chi connectivity index (χ4n) is 3.99. The highest BCUT2D eigenvalue weighted by atomic mass is 32.2. The molecule has 8 heteroatoms. The van der Waals surface area contributed by atoms with E-state index in [1.54, 1.807) is 29.6 Å². The molecule has 2 aromatic carbocycles. The predicted molar refractivity (Wildman–Crippen MR) is 123 cm³/mol. The SMILES string of the molecule is CCS(=O)(=O)N1CCC(Nc2cc(-c3ccc(C(N)=O)cc3)cc3ccncc23)CC1. The van der Waals surface area contributed by atoms with Crippen LogP contribution in [0.15, 0.2) is 54.9 Å². The predicted octanol–water partition coefficient (Wildman–Crippen LogP) is 3.23. The fraction of sp³-hybridized carbons (Fsp3) is 0.304. The number of carbonyl (C=O) groups excluding carboxylic acids is 1. The number of benzene rings is 2. The number of aromatic nitrogens is 1. The highest BCUT2D eigenvalue weighted by Crippen LogP contribution is 2.32. The molecule has 1 aliphatic rings. The Hall–Kier alpha value is -2.97. The first kappa shape index (κ1) is 21.3. The van der Waals surface area contributed by atoms with Gasteiger partial charge in [-0.15, -0.1) is 0 Å². The summed E-state index contributed by atoms with van der Waals surface area (Å²) in [6.45, 7) is 2.73. The lowest BCUT2D eigenvalue weighted by Crippen LogP contribution is -2.42. The van der Waals surface area contributed by atoms with Gasteiger partial charge in [0.25, 0.3) is 0 Å². The number of nitrogens with one attached hydrogen (secondary N) is 1. The van der Waals surface area contributed by atoms with Gasteiger partial charge in [0.1, 0.15) is 0 Å². The standard InChI is InChI=1S/C23H26N4O3S/c1-2-31(29,30)27-11-8-20(9-12-27)26-22-14-19(13-18-7-10-25-15-21(18)22)16-3-5-17(6-4-16)23(24)28/h3-7,10,13-15,20,26H,2,8-9,11-12H2,1H3,(H2,24,28). The molecule has 0 saturated carbocycles. The normalized spacial score (nSPS) is 15.8. The molecule has 1 amide bonds.